The van der Waals surface area contributed by atoms with Gasteiger partial charge in [-0.15, -0.1) is 0 Å². The molecule has 1 aliphatic heterocycles. The average molecular weight is 353 g/mol. The van der Waals surface area contributed by atoms with Gasteiger partial charge in [-0.1, -0.05) is 0 Å². The summed E-state index contributed by atoms with van der Waals surface area (Å²) < 4.78 is 10.8. The van der Waals surface area contributed by atoms with Gasteiger partial charge in [0.15, 0.2) is 11.4 Å². The Kier molecular flexibility index (Phi) is 4.40. The Morgan fingerprint density at radius 1 is 1.19 bits per heavy atom. The summed E-state index contributed by atoms with van der Waals surface area (Å²) >= 11 is 0. The summed E-state index contributed by atoms with van der Waals surface area (Å²) in [6, 6.07) is 5.59. The number of carbonyl (C=O) groups is 1. The van der Waals surface area contributed by atoms with Gasteiger partial charge in [-0.2, -0.15) is 0 Å². The lowest BCUT2D eigenvalue weighted by atomic mass is 10.2. The molecule has 3 aromatic rings. The Morgan fingerprint density at radius 3 is 2.85 bits per heavy atom. The van der Waals surface area contributed by atoms with E-state index in [1.165, 1.54) is 7.11 Å². The highest BCUT2D eigenvalue weighted by Gasteiger charge is 2.20. The van der Waals surface area contributed by atoms with Crippen molar-refractivity contribution < 1.29 is 14.3 Å². The minimum Gasteiger partial charge on any atom is -0.464 e. The Morgan fingerprint density at radius 2 is 2.04 bits per heavy atom. The fourth-order valence-corrected chi connectivity index (χ4v) is 2.96. The number of anilines is 1. The summed E-state index contributed by atoms with van der Waals surface area (Å²) in [4.78, 5) is 25.9. The normalized spacial score (nSPS) is 14.4. The lowest BCUT2D eigenvalue weighted by Crippen LogP contribution is -2.43. The molecular formula is C18H19N5O3. The fourth-order valence-electron chi connectivity index (χ4n) is 2.96. The summed E-state index contributed by atoms with van der Waals surface area (Å²) in [6.07, 6.45) is 5.10. The maximum atomic E-state index is 12.1. The summed E-state index contributed by atoms with van der Waals surface area (Å²) in [6.45, 7) is 3.55. The second-order valence-corrected chi connectivity index (χ2v) is 5.96. The smallest absolute Gasteiger partial charge is 0.360 e. The lowest BCUT2D eigenvalue weighted by molar-refractivity contribution is 0.0591. The van der Waals surface area contributed by atoms with E-state index in [0.717, 1.165) is 42.9 Å². The molecule has 3 aromatic heterocycles. The second-order valence-electron chi connectivity index (χ2n) is 5.96. The monoisotopic (exact) mass is 353 g/mol. The zero-order valence-corrected chi connectivity index (χ0v) is 14.4. The first-order chi connectivity index (χ1) is 12.7. The second kappa shape index (κ2) is 7.01. The molecular weight excluding hydrogens is 334 g/mol. The van der Waals surface area contributed by atoms with Gasteiger partial charge in [-0.25, -0.2) is 14.8 Å². The molecule has 1 fully saturated rings. The highest BCUT2D eigenvalue weighted by Crippen LogP contribution is 2.30. The van der Waals surface area contributed by atoms with Crippen molar-refractivity contribution in [1.82, 2.24) is 20.3 Å². The van der Waals surface area contributed by atoms with Crippen LogP contribution in [0.4, 0.5) is 5.69 Å². The van der Waals surface area contributed by atoms with E-state index in [1.807, 2.05) is 24.4 Å². The lowest BCUT2D eigenvalue weighted by Gasteiger charge is -2.29. The van der Waals surface area contributed by atoms with Crippen molar-refractivity contribution in [2.45, 2.75) is 0 Å². The van der Waals surface area contributed by atoms with E-state index < -0.39 is 5.97 Å². The molecule has 0 unspecified atom stereocenters. The summed E-state index contributed by atoms with van der Waals surface area (Å²) in [5, 5.41) is 4.24. The number of carbonyl (C=O) groups excluding carboxylic acids is 1. The molecule has 4 rings (SSSR count). The standard InChI is InChI=1S/C18H19N5O3/c1-25-18(24)16-15(9-13(10-21-16)23-6-4-19-5-7-23)26-14-8-12-2-3-20-17(12)22-11-14/h2-3,8-11,19H,4-7H2,1H3,(H,20,22). The first-order valence-corrected chi connectivity index (χ1v) is 8.39. The van der Waals surface area contributed by atoms with Crippen LogP contribution in [0.3, 0.4) is 0 Å². The quantitative estimate of drug-likeness (QED) is 0.693. The van der Waals surface area contributed by atoms with Crippen LogP contribution in [0.2, 0.25) is 0 Å². The van der Waals surface area contributed by atoms with E-state index >= 15 is 0 Å². The van der Waals surface area contributed by atoms with Gasteiger partial charge in [0, 0.05) is 43.8 Å². The van der Waals surface area contributed by atoms with Gasteiger partial charge in [-0.05, 0) is 12.1 Å². The number of ether oxygens (including phenoxy) is 2. The number of piperazine rings is 1. The van der Waals surface area contributed by atoms with Crippen LogP contribution in [-0.2, 0) is 4.74 Å². The zero-order chi connectivity index (χ0) is 17.9. The minimum absolute atomic E-state index is 0.139. The van der Waals surface area contributed by atoms with Crippen LogP contribution in [0.25, 0.3) is 11.0 Å². The Bertz CT molecular complexity index is 933. The molecule has 8 nitrogen and oxygen atoms in total. The number of nitrogens with one attached hydrogen (secondary N) is 2. The Labute approximate surface area is 150 Å². The van der Waals surface area contributed by atoms with Crippen LogP contribution >= 0.6 is 0 Å². The van der Waals surface area contributed by atoms with E-state index in [9.17, 15) is 4.79 Å². The first kappa shape index (κ1) is 16.3. The molecule has 134 valence electrons. The molecule has 8 heteroatoms. The predicted octanol–water partition coefficient (Wildman–Crippen LogP) is 1.95. The molecule has 1 aliphatic rings. The SMILES string of the molecule is COC(=O)c1ncc(N2CCNCC2)cc1Oc1cnc2[nH]ccc2c1. The summed E-state index contributed by atoms with van der Waals surface area (Å²) in [5.41, 5.74) is 1.82. The Hall–Kier alpha value is -3.13. The number of H-pyrrole nitrogens is 1. The van der Waals surface area contributed by atoms with Crippen molar-refractivity contribution in [3.05, 3.63) is 42.5 Å². The van der Waals surface area contributed by atoms with Crippen molar-refractivity contribution in [2.24, 2.45) is 0 Å². The summed E-state index contributed by atoms with van der Waals surface area (Å²) in [7, 11) is 1.32. The van der Waals surface area contributed by atoms with Crippen molar-refractivity contribution in [2.75, 3.05) is 38.2 Å². The van der Waals surface area contributed by atoms with Gasteiger partial charge >= 0.3 is 5.97 Å². The van der Waals surface area contributed by atoms with Gasteiger partial charge in [0.25, 0.3) is 0 Å². The number of aromatic nitrogens is 3. The fraction of sp³-hybridized carbons (Fsp3) is 0.278. The molecule has 2 N–H and O–H groups in total. The van der Waals surface area contributed by atoms with Crippen LogP contribution in [-0.4, -0.2) is 54.2 Å². The predicted molar refractivity (Wildman–Crippen MR) is 96.8 cm³/mol. The van der Waals surface area contributed by atoms with Gasteiger partial charge in [-0.3, -0.25) is 0 Å². The van der Waals surface area contributed by atoms with Crippen LogP contribution < -0.4 is 15.0 Å². The number of methoxy groups -OCH3 is 1. The van der Waals surface area contributed by atoms with E-state index in [4.69, 9.17) is 9.47 Å². The molecule has 26 heavy (non-hydrogen) atoms. The number of nitrogens with zero attached hydrogens (tertiary/aromatic N) is 3. The van der Waals surface area contributed by atoms with Gasteiger partial charge in [0.2, 0.25) is 0 Å². The van der Waals surface area contributed by atoms with E-state index in [2.05, 4.69) is 25.2 Å². The largest absolute Gasteiger partial charge is 0.464 e. The molecule has 0 aromatic carbocycles. The van der Waals surface area contributed by atoms with E-state index in [-0.39, 0.29) is 5.69 Å². The van der Waals surface area contributed by atoms with Crippen molar-refractivity contribution in [3.63, 3.8) is 0 Å². The number of fused-ring (bicyclic) bond motifs is 1. The third kappa shape index (κ3) is 3.18. The number of aromatic amines is 1. The maximum Gasteiger partial charge on any atom is 0.360 e. The van der Waals surface area contributed by atoms with Gasteiger partial charge < -0.3 is 24.7 Å². The molecule has 0 radical (unpaired) electrons. The van der Waals surface area contributed by atoms with Gasteiger partial charge in [0.1, 0.15) is 11.4 Å². The molecule has 1 saturated heterocycles. The zero-order valence-electron chi connectivity index (χ0n) is 14.4. The summed E-state index contributed by atoms with van der Waals surface area (Å²) in [5.74, 6) is 0.341. The average Bonchev–Trinajstić information content (AvgIpc) is 3.16. The van der Waals surface area contributed by atoms with Crippen molar-refractivity contribution in [3.8, 4) is 11.5 Å². The third-order valence-corrected chi connectivity index (χ3v) is 4.30. The Balaban J connectivity index is 1.69. The third-order valence-electron chi connectivity index (χ3n) is 4.30. The molecule has 0 bridgehead atoms. The first-order valence-electron chi connectivity index (χ1n) is 8.39. The maximum absolute atomic E-state index is 12.1. The number of pyridine rings is 2. The van der Waals surface area contributed by atoms with Crippen molar-refractivity contribution >= 4 is 22.7 Å². The van der Waals surface area contributed by atoms with E-state index in [0.29, 0.717) is 11.5 Å². The van der Waals surface area contributed by atoms with E-state index in [1.54, 1.807) is 12.4 Å². The molecule has 0 saturated carbocycles. The molecule has 4 heterocycles. The van der Waals surface area contributed by atoms with Crippen LogP contribution in [0.5, 0.6) is 11.5 Å². The molecule has 0 amide bonds. The molecule has 0 atom stereocenters. The topological polar surface area (TPSA) is 92.4 Å². The van der Waals surface area contributed by atoms with Crippen LogP contribution in [0.1, 0.15) is 10.5 Å². The number of esters is 1. The highest BCUT2D eigenvalue weighted by atomic mass is 16.5. The number of hydrogen-bond donors (Lipinski definition) is 2. The van der Waals surface area contributed by atoms with Crippen LogP contribution in [0, 0.1) is 0 Å². The molecule has 0 spiro atoms. The van der Waals surface area contributed by atoms with Crippen LogP contribution in [0.15, 0.2) is 36.8 Å². The highest BCUT2D eigenvalue weighted by molar-refractivity contribution is 5.91. The molecule has 0 aliphatic carbocycles. The number of rotatable bonds is 4. The van der Waals surface area contributed by atoms with Gasteiger partial charge in [0.05, 0.1) is 25.2 Å². The number of hydrogen-bond acceptors (Lipinski definition) is 7. The van der Waals surface area contributed by atoms with Crippen molar-refractivity contribution in [1.29, 1.82) is 0 Å². The minimum atomic E-state index is -0.539.